The van der Waals surface area contributed by atoms with E-state index in [1.54, 1.807) is 12.1 Å². The highest BCUT2D eigenvalue weighted by Crippen LogP contribution is 2.28. The number of aryl methyl sites for hydroxylation is 3. The second-order valence-electron chi connectivity index (χ2n) is 10.1. The summed E-state index contributed by atoms with van der Waals surface area (Å²) in [6.45, 7) is 5.48. The molecule has 0 unspecified atom stereocenters. The van der Waals surface area contributed by atoms with Crippen LogP contribution in [0.5, 0.6) is 5.75 Å². The summed E-state index contributed by atoms with van der Waals surface area (Å²) in [5, 5.41) is 5.94. The third kappa shape index (κ3) is 5.37. The van der Waals surface area contributed by atoms with Gasteiger partial charge in [-0.05, 0) is 49.6 Å². The summed E-state index contributed by atoms with van der Waals surface area (Å²) in [4.78, 5) is 46.0. The van der Waals surface area contributed by atoms with Crippen molar-refractivity contribution in [2.75, 3.05) is 19.7 Å². The number of aromatic nitrogens is 2. The number of hydrogen-bond donors (Lipinski definition) is 2. The van der Waals surface area contributed by atoms with Gasteiger partial charge in [0, 0.05) is 50.0 Å². The molecule has 3 aromatic rings. The standard InChI is InChI=1S/C29H35N5O4/c1-3-26-32-23-6-4-5-7-24(23)33(26)14-12-28(36)34-21-10-11-22(34)18-31-29(37)20-9-8-19(2)25(16-20)38-15-13-30-27(35)17-21/h4-9,16,21-22H,3,10-15,17-18H2,1-2H3,(H,30,35)(H,31,37)/t21-,22+/m0/s1. The topological polar surface area (TPSA) is 106 Å². The van der Waals surface area contributed by atoms with Crippen LogP contribution in [-0.2, 0) is 22.6 Å². The van der Waals surface area contributed by atoms with Crippen molar-refractivity contribution >= 4 is 28.8 Å². The van der Waals surface area contributed by atoms with E-state index in [0.29, 0.717) is 44.0 Å². The lowest BCUT2D eigenvalue weighted by Crippen LogP contribution is -2.48. The molecule has 1 fully saturated rings. The lowest BCUT2D eigenvalue weighted by Gasteiger charge is -2.31. The first-order valence-corrected chi connectivity index (χ1v) is 13.5. The molecule has 0 spiro atoms. The Bertz CT molecular complexity index is 1350. The molecule has 2 N–H and O–H groups in total. The summed E-state index contributed by atoms with van der Waals surface area (Å²) >= 11 is 0. The first kappa shape index (κ1) is 25.8. The van der Waals surface area contributed by atoms with Crippen molar-refractivity contribution in [3.05, 3.63) is 59.4 Å². The summed E-state index contributed by atoms with van der Waals surface area (Å²) < 4.78 is 7.94. The van der Waals surface area contributed by atoms with E-state index in [0.717, 1.165) is 41.7 Å². The van der Waals surface area contributed by atoms with Crippen LogP contribution in [0.25, 0.3) is 11.0 Å². The van der Waals surface area contributed by atoms with E-state index in [-0.39, 0.29) is 36.2 Å². The smallest absolute Gasteiger partial charge is 0.251 e. The van der Waals surface area contributed by atoms with Gasteiger partial charge >= 0.3 is 0 Å². The van der Waals surface area contributed by atoms with Crippen LogP contribution in [0.1, 0.15) is 54.4 Å². The van der Waals surface area contributed by atoms with Gasteiger partial charge in [0.1, 0.15) is 18.2 Å². The zero-order chi connectivity index (χ0) is 26.6. The lowest BCUT2D eigenvalue weighted by molar-refractivity contribution is -0.135. The first-order valence-electron chi connectivity index (χ1n) is 13.5. The van der Waals surface area contributed by atoms with Crippen LogP contribution in [0.3, 0.4) is 0 Å². The number of fused-ring (bicyclic) bond motifs is 5. The summed E-state index contributed by atoms with van der Waals surface area (Å²) in [7, 11) is 0. The van der Waals surface area contributed by atoms with Gasteiger partial charge in [0.2, 0.25) is 11.8 Å². The molecule has 3 heterocycles. The maximum atomic E-state index is 13.7. The quantitative estimate of drug-likeness (QED) is 0.554. The average molecular weight is 518 g/mol. The van der Waals surface area contributed by atoms with E-state index >= 15 is 0 Å². The second-order valence-corrected chi connectivity index (χ2v) is 10.1. The molecular weight excluding hydrogens is 482 g/mol. The maximum absolute atomic E-state index is 13.7. The zero-order valence-corrected chi connectivity index (χ0v) is 22.0. The van der Waals surface area contributed by atoms with Crippen molar-refractivity contribution in [2.24, 2.45) is 0 Å². The average Bonchev–Trinajstić information content (AvgIpc) is 3.49. The predicted molar refractivity (Wildman–Crippen MR) is 144 cm³/mol. The van der Waals surface area contributed by atoms with E-state index in [9.17, 15) is 14.4 Å². The highest BCUT2D eigenvalue weighted by atomic mass is 16.5. The lowest BCUT2D eigenvalue weighted by atomic mass is 10.1. The fourth-order valence-corrected chi connectivity index (χ4v) is 5.60. The Morgan fingerprint density at radius 1 is 1.11 bits per heavy atom. The Balaban J connectivity index is 1.35. The molecule has 1 saturated heterocycles. The molecule has 2 aliphatic rings. The van der Waals surface area contributed by atoms with E-state index in [2.05, 4.69) is 22.1 Å². The Hall–Kier alpha value is -3.88. The van der Waals surface area contributed by atoms with Gasteiger partial charge in [-0.1, -0.05) is 25.1 Å². The van der Waals surface area contributed by atoms with Crippen molar-refractivity contribution < 1.29 is 19.1 Å². The van der Waals surface area contributed by atoms with Crippen LogP contribution in [0.15, 0.2) is 42.5 Å². The van der Waals surface area contributed by atoms with Crippen LogP contribution in [0.2, 0.25) is 0 Å². The Kier molecular flexibility index (Phi) is 7.62. The van der Waals surface area contributed by atoms with Crippen molar-refractivity contribution in [1.82, 2.24) is 25.1 Å². The minimum Gasteiger partial charge on any atom is -0.491 e. The van der Waals surface area contributed by atoms with Gasteiger partial charge in [-0.2, -0.15) is 0 Å². The van der Waals surface area contributed by atoms with Crippen molar-refractivity contribution in [3.8, 4) is 5.75 Å². The minimum atomic E-state index is -0.205. The molecule has 0 saturated carbocycles. The third-order valence-electron chi connectivity index (χ3n) is 7.56. The van der Waals surface area contributed by atoms with E-state index in [4.69, 9.17) is 9.72 Å². The molecule has 9 heteroatoms. The molecule has 38 heavy (non-hydrogen) atoms. The van der Waals surface area contributed by atoms with Crippen LogP contribution < -0.4 is 15.4 Å². The molecule has 2 aliphatic heterocycles. The molecule has 3 amide bonds. The number of carbonyl (C=O) groups excluding carboxylic acids is 3. The number of para-hydroxylation sites is 2. The molecule has 2 atom stereocenters. The van der Waals surface area contributed by atoms with Crippen LogP contribution >= 0.6 is 0 Å². The molecule has 4 bridgehead atoms. The third-order valence-corrected chi connectivity index (χ3v) is 7.56. The van der Waals surface area contributed by atoms with Gasteiger partial charge in [0.25, 0.3) is 5.91 Å². The summed E-state index contributed by atoms with van der Waals surface area (Å²) in [6.07, 6.45) is 2.76. The van der Waals surface area contributed by atoms with Gasteiger partial charge in [-0.25, -0.2) is 4.98 Å². The molecule has 200 valence electrons. The number of imidazole rings is 1. The molecule has 2 aromatic carbocycles. The van der Waals surface area contributed by atoms with Gasteiger partial charge in [-0.15, -0.1) is 0 Å². The number of nitrogens with zero attached hydrogens (tertiary/aromatic N) is 3. The summed E-state index contributed by atoms with van der Waals surface area (Å²) in [6, 6.07) is 12.9. The number of nitrogens with one attached hydrogen (secondary N) is 2. The molecule has 0 aliphatic carbocycles. The van der Waals surface area contributed by atoms with Crippen molar-refractivity contribution in [1.29, 1.82) is 0 Å². The fraction of sp³-hybridized carbons (Fsp3) is 0.448. The number of amides is 3. The Morgan fingerprint density at radius 2 is 1.92 bits per heavy atom. The molecule has 0 radical (unpaired) electrons. The van der Waals surface area contributed by atoms with Gasteiger partial charge in [-0.3, -0.25) is 14.4 Å². The van der Waals surface area contributed by atoms with Crippen molar-refractivity contribution in [2.45, 2.75) is 64.6 Å². The minimum absolute atomic E-state index is 0.00958. The molecule has 1 aromatic heterocycles. The van der Waals surface area contributed by atoms with Crippen LogP contribution in [-0.4, -0.2) is 64.0 Å². The van der Waals surface area contributed by atoms with E-state index in [1.165, 1.54) is 0 Å². The van der Waals surface area contributed by atoms with Gasteiger partial charge in [0.15, 0.2) is 0 Å². The highest BCUT2D eigenvalue weighted by Gasteiger charge is 2.38. The van der Waals surface area contributed by atoms with E-state index < -0.39 is 0 Å². The van der Waals surface area contributed by atoms with Gasteiger partial charge in [0.05, 0.1) is 17.6 Å². The molecular formula is C29H35N5O4. The normalized spacial score (nSPS) is 20.3. The first-order chi connectivity index (χ1) is 18.4. The Labute approximate surface area is 222 Å². The Morgan fingerprint density at radius 3 is 2.76 bits per heavy atom. The summed E-state index contributed by atoms with van der Waals surface area (Å²) in [5.74, 6) is 1.26. The van der Waals surface area contributed by atoms with Crippen LogP contribution in [0, 0.1) is 6.92 Å². The SMILES string of the molecule is CCc1nc2ccccc2n1CCC(=O)N1[C@@H]2CC[C@H]1CC(=O)NCCOc1cc(ccc1C)C(=O)NC2. The van der Waals surface area contributed by atoms with Crippen LogP contribution in [0.4, 0.5) is 0 Å². The largest absolute Gasteiger partial charge is 0.491 e. The number of ether oxygens (including phenoxy) is 1. The number of rotatable bonds is 4. The monoisotopic (exact) mass is 517 g/mol. The number of benzene rings is 2. The predicted octanol–water partition coefficient (Wildman–Crippen LogP) is 2.99. The molecule has 9 nitrogen and oxygen atoms in total. The maximum Gasteiger partial charge on any atom is 0.251 e. The van der Waals surface area contributed by atoms with Gasteiger partial charge < -0.3 is 24.8 Å². The molecule has 5 rings (SSSR count). The van der Waals surface area contributed by atoms with Crippen molar-refractivity contribution in [3.63, 3.8) is 0 Å². The number of carbonyl (C=O) groups is 3. The second kappa shape index (κ2) is 11.2. The summed E-state index contributed by atoms with van der Waals surface area (Å²) in [5.41, 5.74) is 3.37. The fourth-order valence-electron chi connectivity index (χ4n) is 5.60. The van der Waals surface area contributed by atoms with E-state index in [1.807, 2.05) is 42.2 Å². The highest BCUT2D eigenvalue weighted by molar-refractivity contribution is 5.94. The zero-order valence-electron chi connectivity index (χ0n) is 22.0. The number of hydrogen-bond acceptors (Lipinski definition) is 5.